The first-order valence-corrected chi connectivity index (χ1v) is 14.2. The van der Waals surface area contributed by atoms with Gasteiger partial charge in [0.15, 0.2) is 0 Å². The molecule has 1 aliphatic rings. The number of aromatic nitrogens is 1. The SMILES string of the molecule is COc1ccc2nccc([C@H](F)CC[C@@H]3CCN(CCSc4c(Cl)cccc4Cl)C[C@@H]3CC(=O)O)c2c1. The number of carboxylic acid groups (broad SMARTS) is 1. The van der Waals surface area contributed by atoms with Gasteiger partial charge < -0.3 is 14.7 Å². The average molecular weight is 566 g/mol. The van der Waals surface area contributed by atoms with E-state index in [1.165, 1.54) is 0 Å². The second-order valence-electron chi connectivity index (χ2n) is 9.43. The van der Waals surface area contributed by atoms with Crippen LogP contribution in [0.1, 0.15) is 37.4 Å². The highest BCUT2D eigenvalue weighted by Crippen LogP contribution is 2.37. The van der Waals surface area contributed by atoms with Crippen LogP contribution in [0.2, 0.25) is 10.0 Å². The number of nitrogens with zero attached hydrogens (tertiary/aromatic N) is 2. The fraction of sp³-hybridized carbons (Fsp3) is 0.429. The second-order valence-corrected chi connectivity index (χ2v) is 11.4. The number of carbonyl (C=O) groups is 1. The van der Waals surface area contributed by atoms with Gasteiger partial charge in [-0.2, -0.15) is 0 Å². The molecule has 37 heavy (non-hydrogen) atoms. The predicted octanol–water partition coefficient (Wildman–Crippen LogP) is 7.55. The summed E-state index contributed by atoms with van der Waals surface area (Å²) < 4.78 is 20.8. The molecule has 0 aliphatic carbocycles. The van der Waals surface area contributed by atoms with Gasteiger partial charge in [-0.25, -0.2) is 4.39 Å². The van der Waals surface area contributed by atoms with Crippen molar-refractivity contribution in [3.63, 3.8) is 0 Å². The minimum atomic E-state index is -1.15. The number of rotatable bonds is 11. The van der Waals surface area contributed by atoms with Crippen molar-refractivity contribution in [2.75, 3.05) is 32.5 Å². The van der Waals surface area contributed by atoms with E-state index in [1.54, 1.807) is 31.1 Å². The average Bonchev–Trinajstić information content (AvgIpc) is 2.88. The fourth-order valence-electron chi connectivity index (χ4n) is 5.15. The molecule has 2 heterocycles. The Morgan fingerprint density at radius 3 is 2.76 bits per heavy atom. The molecule has 5 nitrogen and oxygen atoms in total. The third kappa shape index (κ3) is 7.29. The second kappa shape index (κ2) is 13.1. The molecule has 1 fully saturated rings. The normalized spacial score (nSPS) is 19.1. The number of hydrogen-bond donors (Lipinski definition) is 1. The molecule has 198 valence electrons. The molecule has 1 aliphatic heterocycles. The van der Waals surface area contributed by atoms with Crippen molar-refractivity contribution >= 4 is 51.8 Å². The highest BCUT2D eigenvalue weighted by molar-refractivity contribution is 7.99. The van der Waals surface area contributed by atoms with Crippen molar-refractivity contribution in [2.24, 2.45) is 11.8 Å². The van der Waals surface area contributed by atoms with Gasteiger partial charge in [-0.1, -0.05) is 29.3 Å². The number of methoxy groups -OCH3 is 1. The number of pyridine rings is 1. The molecule has 4 rings (SSSR count). The Bertz CT molecular complexity index is 1210. The van der Waals surface area contributed by atoms with E-state index in [2.05, 4.69) is 9.88 Å². The summed E-state index contributed by atoms with van der Waals surface area (Å²) >= 11 is 14.2. The Morgan fingerprint density at radius 1 is 1.24 bits per heavy atom. The van der Waals surface area contributed by atoms with Crippen molar-refractivity contribution in [1.82, 2.24) is 9.88 Å². The maximum Gasteiger partial charge on any atom is 0.303 e. The molecular weight excluding hydrogens is 534 g/mol. The van der Waals surface area contributed by atoms with Crippen LogP contribution in [0, 0.1) is 11.8 Å². The smallest absolute Gasteiger partial charge is 0.303 e. The van der Waals surface area contributed by atoms with E-state index in [0.717, 1.165) is 41.1 Å². The van der Waals surface area contributed by atoms with Gasteiger partial charge in [0.25, 0.3) is 0 Å². The first-order chi connectivity index (χ1) is 17.9. The lowest BCUT2D eigenvalue weighted by atomic mass is 9.79. The van der Waals surface area contributed by atoms with Gasteiger partial charge in [0, 0.05) is 41.7 Å². The van der Waals surface area contributed by atoms with Crippen LogP contribution in [0.3, 0.4) is 0 Å². The lowest BCUT2D eigenvalue weighted by Crippen LogP contribution is -2.42. The molecule has 2 aromatic carbocycles. The topological polar surface area (TPSA) is 62.7 Å². The minimum Gasteiger partial charge on any atom is -0.497 e. The number of fused-ring (bicyclic) bond motifs is 1. The number of aliphatic carboxylic acids is 1. The Morgan fingerprint density at radius 2 is 2.03 bits per heavy atom. The molecule has 0 bridgehead atoms. The van der Waals surface area contributed by atoms with Gasteiger partial charge in [-0.05, 0) is 79.6 Å². The van der Waals surface area contributed by atoms with Gasteiger partial charge in [0.05, 0.1) is 22.7 Å². The summed E-state index contributed by atoms with van der Waals surface area (Å²) in [6, 6.07) is 12.7. The summed E-state index contributed by atoms with van der Waals surface area (Å²) in [5, 5.41) is 11.6. The largest absolute Gasteiger partial charge is 0.497 e. The number of likely N-dealkylation sites (tertiary alicyclic amines) is 1. The standard InChI is InChI=1S/C28H31Cl2FN2O3S/c1-36-20-6-8-26-22(16-20)21(9-11-32-26)25(31)7-5-18-10-12-33(17-19(18)15-27(34)35)13-14-37-28-23(29)3-2-4-24(28)30/h2-4,6,8-9,11,16,18-19,25H,5,7,10,12-15,17H2,1H3,(H,34,35)/t18-,19+,25-/m1/s1. The van der Waals surface area contributed by atoms with Crippen molar-refractivity contribution < 1.29 is 19.0 Å². The third-order valence-corrected chi connectivity index (χ3v) is 9.07. The van der Waals surface area contributed by atoms with Gasteiger partial charge >= 0.3 is 5.97 Å². The van der Waals surface area contributed by atoms with Crippen LogP contribution in [0.4, 0.5) is 4.39 Å². The van der Waals surface area contributed by atoms with Crippen LogP contribution in [-0.4, -0.2) is 53.5 Å². The Hall–Kier alpha value is -2.06. The molecule has 0 amide bonds. The summed E-state index contributed by atoms with van der Waals surface area (Å²) in [5.74, 6) is 0.815. The van der Waals surface area contributed by atoms with E-state index in [9.17, 15) is 9.90 Å². The van der Waals surface area contributed by atoms with Crippen LogP contribution < -0.4 is 4.74 Å². The highest BCUT2D eigenvalue weighted by atomic mass is 35.5. The number of halogens is 3. The van der Waals surface area contributed by atoms with Crippen molar-refractivity contribution in [1.29, 1.82) is 0 Å². The van der Waals surface area contributed by atoms with E-state index in [-0.39, 0.29) is 18.3 Å². The zero-order valence-electron chi connectivity index (χ0n) is 20.7. The lowest BCUT2D eigenvalue weighted by Gasteiger charge is -2.38. The molecule has 3 aromatic rings. The van der Waals surface area contributed by atoms with Crippen molar-refractivity contribution in [3.8, 4) is 5.75 Å². The number of hydrogen-bond acceptors (Lipinski definition) is 5. The van der Waals surface area contributed by atoms with Crippen LogP contribution in [0.25, 0.3) is 10.9 Å². The van der Waals surface area contributed by atoms with Gasteiger partial charge in [0.1, 0.15) is 11.9 Å². The maximum absolute atomic E-state index is 15.5. The number of piperidine rings is 1. The van der Waals surface area contributed by atoms with Gasteiger partial charge in [-0.3, -0.25) is 9.78 Å². The molecule has 0 radical (unpaired) electrons. The summed E-state index contributed by atoms with van der Waals surface area (Å²) in [6.07, 6.45) is 2.42. The highest BCUT2D eigenvalue weighted by Gasteiger charge is 2.31. The molecule has 0 unspecified atom stereocenters. The van der Waals surface area contributed by atoms with Crippen molar-refractivity contribution in [2.45, 2.75) is 36.8 Å². The van der Waals surface area contributed by atoms with E-state index >= 15 is 4.39 Å². The molecule has 9 heteroatoms. The zero-order valence-corrected chi connectivity index (χ0v) is 23.0. The van der Waals surface area contributed by atoms with Crippen LogP contribution in [0.5, 0.6) is 5.75 Å². The van der Waals surface area contributed by atoms with Crippen LogP contribution in [-0.2, 0) is 4.79 Å². The summed E-state index contributed by atoms with van der Waals surface area (Å²) in [4.78, 5) is 19.1. The Balaban J connectivity index is 1.35. The summed E-state index contributed by atoms with van der Waals surface area (Å²) in [7, 11) is 1.59. The molecule has 1 N–H and O–H groups in total. The predicted molar refractivity (Wildman–Crippen MR) is 149 cm³/mol. The monoisotopic (exact) mass is 564 g/mol. The van der Waals surface area contributed by atoms with E-state index < -0.39 is 12.1 Å². The first-order valence-electron chi connectivity index (χ1n) is 12.4. The van der Waals surface area contributed by atoms with Gasteiger partial charge in [-0.15, -0.1) is 11.8 Å². The van der Waals surface area contributed by atoms with Crippen LogP contribution >= 0.6 is 35.0 Å². The molecule has 0 spiro atoms. The number of ether oxygens (including phenoxy) is 1. The third-order valence-electron chi connectivity index (χ3n) is 7.10. The van der Waals surface area contributed by atoms with E-state index in [0.29, 0.717) is 40.7 Å². The number of carboxylic acids is 1. The quantitative estimate of drug-likeness (QED) is 0.242. The van der Waals surface area contributed by atoms with Crippen LogP contribution in [0.15, 0.2) is 53.6 Å². The number of benzene rings is 2. The Labute approximate surface area is 231 Å². The maximum atomic E-state index is 15.5. The lowest BCUT2D eigenvalue weighted by molar-refractivity contribution is -0.139. The fourth-order valence-corrected chi connectivity index (χ4v) is 6.84. The molecule has 1 aromatic heterocycles. The van der Waals surface area contributed by atoms with Gasteiger partial charge in [0.2, 0.25) is 0 Å². The molecule has 1 saturated heterocycles. The molecule has 3 atom stereocenters. The van der Waals surface area contributed by atoms with E-state index in [4.69, 9.17) is 27.9 Å². The zero-order chi connectivity index (χ0) is 26.4. The Kier molecular flexibility index (Phi) is 9.93. The van der Waals surface area contributed by atoms with Crippen molar-refractivity contribution in [3.05, 3.63) is 64.3 Å². The summed E-state index contributed by atoms with van der Waals surface area (Å²) in [6.45, 7) is 2.37. The number of alkyl halides is 1. The number of thioether (sulfide) groups is 1. The first kappa shape index (κ1) is 28.0. The molecule has 0 saturated carbocycles. The summed E-state index contributed by atoms with van der Waals surface area (Å²) in [5.41, 5.74) is 1.33. The molecular formula is C28H31Cl2FN2O3S. The minimum absolute atomic E-state index is 0.0124. The van der Waals surface area contributed by atoms with E-state index in [1.807, 2.05) is 36.4 Å².